The van der Waals surface area contributed by atoms with Gasteiger partial charge in [-0.3, -0.25) is 14.5 Å². The zero-order valence-corrected chi connectivity index (χ0v) is 13.5. The van der Waals surface area contributed by atoms with Crippen LogP contribution in [0.1, 0.15) is 26.3 Å². The molecule has 0 aliphatic heterocycles. The van der Waals surface area contributed by atoms with Crippen LogP contribution in [0.15, 0.2) is 24.3 Å². The van der Waals surface area contributed by atoms with Crippen molar-refractivity contribution in [2.24, 2.45) is 0 Å². The van der Waals surface area contributed by atoms with Gasteiger partial charge in [-0.15, -0.1) is 0 Å². The summed E-state index contributed by atoms with van der Waals surface area (Å²) in [5.74, 6) is 0.581. The Balaban J connectivity index is 2.29. The smallest absolute Gasteiger partial charge is 0.240 e. The number of aromatic amines is 1. The molecule has 0 fully saturated rings. The van der Waals surface area contributed by atoms with Crippen molar-refractivity contribution < 1.29 is 4.79 Å². The third-order valence-electron chi connectivity index (χ3n) is 2.88. The molecule has 1 heterocycles. The number of aryl methyl sites for hydroxylation is 1. The Hall–Kier alpha value is -1.95. The van der Waals surface area contributed by atoms with Crippen LogP contribution >= 0.6 is 12.2 Å². The van der Waals surface area contributed by atoms with Crippen molar-refractivity contribution in [3.63, 3.8) is 0 Å². The summed E-state index contributed by atoms with van der Waals surface area (Å²) < 4.78 is 2.15. The first-order chi connectivity index (χ1) is 9.76. The van der Waals surface area contributed by atoms with Crippen LogP contribution in [0.25, 0.3) is 11.4 Å². The van der Waals surface area contributed by atoms with E-state index in [0.29, 0.717) is 10.6 Å². The van der Waals surface area contributed by atoms with E-state index >= 15 is 0 Å². The van der Waals surface area contributed by atoms with E-state index in [1.807, 2.05) is 52.0 Å². The van der Waals surface area contributed by atoms with Crippen LogP contribution in [-0.2, 0) is 11.3 Å². The first kappa shape index (κ1) is 15.4. The summed E-state index contributed by atoms with van der Waals surface area (Å²) >= 11 is 5.22. The molecule has 0 saturated carbocycles. The quantitative estimate of drug-likeness (QED) is 0.857. The van der Waals surface area contributed by atoms with E-state index in [0.717, 1.165) is 5.56 Å². The van der Waals surface area contributed by atoms with E-state index in [9.17, 15) is 4.79 Å². The Morgan fingerprint density at radius 1 is 1.33 bits per heavy atom. The minimum absolute atomic E-state index is 0.0895. The molecule has 1 amide bonds. The van der Waals surface area contributed by atoms with Crippen molar-refractivity contribution in [1.82, 2.24) is 20.1 Å². The molecule has 0 unspecified atom stereocenters. The van der Waals surface area contributed by atoms with E-state index in [2.05, 4.69) is 15.5 Å². The predicted octanol–water partition coefficient (Wildman–Crippen LogP) is 2.83. The molecule has 0 bridgehead atoms. The number of benzene rings is 1. The van der Waals surface area contributed by atoms with Gasteiger partial charge in [-0.1, -0.05) is 29.8 Å². The van der Waals surface area contributed by atoms with Gasteiger partial charge in [0.05, 0.1) is 0 Å². The van der Waals surface area contributed by atoms with Gasteiger partial charge in [0.15, 0.2) is 10.6 Å². The molecular formula is C15H20N4OS. The number of nitrogens with one attached hydrogen (secondary N) is 2. The fourth-order valence-electron chi connectivity index (χ4n) is 1.99. The third kappa shape index (κ3) is 4.01. The Morgan fingerprint density at radius 3 is 2.52 bits per heavy atom. The summed E-state index contributed by atoms with van der Waals surface area (Å²) in [6, 6.07) is 7.95. The van der Waals surface area contributed by atoms with Crippen LogP contribution in [0, 0.1) is 11.7 Å². The van der Waals surface area contributed by atoms with E-state index in [1.54, 1.807) is 4.57 Å². The molecule has 112 valence electrons. The zero-order valence-electron chi connectivity index (χ0n) is 12.7. The highest BCUT2D eigenvalue weighted by Gasteiger charge is 2.16. The molecule has 2 rings (SSSR count). The second kappa shape index (κ2) is 5.81. The maximum atomic E-state index is 12.1. The molecule has 6 heteroatoms. The van der Waals surface area contributed by atoms with Crippen molar-refractivity contribution in [3.8, 4) is 11.4 Å². The van der Waals surface area contributed by atoms with Gasteiger partial charge < -0.3 is 5.32 Å². The highest BCUT2D eigenvalue weighted by molar-refractivity contribution is 7.71. The Morgan fingerprint density at radius 2 is 1.95 bits per heavy atom. The minimum atomic E-state index is -0.271. The lowest BCUT2D eigenvalue weighted by atomic mass is 10.1. The van der Waals surface area contributed by atoms with Crippen LogP contribution in [0.2, 0.25) is 0 Å². The van der Waals surface area contributed by atoms with Crippen LogP contribution in [0.4, 0.5) is 0 Å². The van der Waals surface area contributed by atoms with Crippen LogP contribution in [0.3, 0.4) is 0 Å². The molecule has 2 aromatic rings. The summed E-state index contributed by atoms with van der Waals surface area (Å²) in [5.41, 5.74) is 1.83. The second-order valence-corrected chi connectivity index (χ2v) is 6.49. The summed E-state index contributed by atoms with van der Waals surface area (Å²) in [6.07, 6.45) is 0. The number of aromatic nitrogens is 3. The molecule has 0 radical (unpaired) electrons. The van der Waals surface area contributed by atoms with Crippen LogP contribution in [0.5, 0.6) is 0 Å². The van der Waals surface area contributed by atoms with Crippen molar-refractivity contribution in [2.75, 3.05) is 0 Å². The minimum Gasteiger partial charge on any atom is -0.350 e. The Bertz CT molecular complexity index is 692. The molecule has 2 N–H and O–H groups in total. The molecule has 0 aliphatic rings. The number of nitrogens with zero attached hydrogens (tertiary/aromatic N) is 2. The SMILES string of the molecule is Cc1ccc(-c2n[nH]c(=S)n2CC(=O)NC(C)(C)C)cc1. The number of amides is 1. The van der Waals surface area contributed by atoms with Gasteiger partial charge in [0, 0.05) is 11.1 Å². The highest BCUT2D eigenvalue weighted by Crippen LogP contribution is 2.17. The first-order valence-corrected chi connectivity index (χ1v) is 7.20. The molecule has 1 aromatic heterocycles. The molecule has 1 aromatic carbocycles. The van der Waals surface area contributed by atoms with Crippen molar-refractivity contribution in [2.45, 2.75) is 39.8 Å². The van der Waals surface area contributed by atoms with Crippen molar-refractivity contribution >= 4 is 18.1 Å². The summed E-state index contributed by atoms with van der Waals surface area (Å²) in [4.78, 5) is 12.1. The van der Waals surface area contributed by atoms with Gasteiger partial charge in [-0.2, -0.15) is 5.10 Å². The first-order valence-electron chi connectivity index (χ1n) is 6.79. The highest BCUT2D eigenvalue weighted by atomic mass is 32.1. The molecule has 0 saturated heterocycles. The largest absolute Gasteiger partial charge is 0.350 e. The monoisotopic (exact) mass is 304 g/mol. The van der Waals surface area contributed by atoms with Gasteiger partial charge >= 0.3 is 0 Å². The average molecular weight is 304 g/mol. The average Bonchev–Trinajstić information content (AvgIpc) is 2.70. The topological polar surface area (TPSA) is 62.7 Å². The van der Waals surface area contributed by atoms with Crippen LogP contribution in [-0.4, -0.2) is 26.2 Å². The molecule has 0 spiro atoms. The molecule has 5 nitrogen and oxygen atoms in total. The lowest BCUT2D eigenvalue weighted by Gasteiger charge is -2.20. The number of carbonyl (C=O) groups excluding carboxylic acids is 1. The van der Waals surface area contributed by atoms with Crippen molar-refractivity contribution in [3.05, 3.63) is 34.6 Å². The van der Waals surface area contributed by atoms with E-state index in [-0.39, 0.29) is 18.0 Å². The standard InChI is InChI=1S/C15H20N4OS/c1-10-5-7-11(8-6-10)13-17-18-14(21)19(13)9-12(20)16-15(2,3)4/h5-8H,9H2,1-4H3,(H,16,20)(H,18,21). The van der Waals surface area contributed by atoms with Crippen molar-refractivity contribution in [1.29, 1.82) is 0 Å². The number of carbonyl (C=O) groups is 1. The normalized spacial score (nSPS) is 11.4. The van der Waals surface area contributed by atoms with Gasteiger partial charge in [0.25, 0.3) is 0 Å². The lowest BCUT2D eigenvalue weighted by molar-refractivity contribution is -0.123. The van der Waals surface area contributed by atoms with Gasteiger partial charge in [0.1, 0.15) is 6.54 Å². The lowest BCUT2D eigenvalue weighted by Crippen LogP contribution is -2.42. The van der Waals surface area contributed by atoms with E-state index in [1.165, 1.54) is 5.56 Å². The number of H-pyrrole nitrogens is 1. The van der Waals surface area contributed by atoms with Gasteiger partial charge in [-0.05, 0) is 39.9 Å². The van der Waals surface area contributed by atoms with E-state index < -0.39 is 0 Å². The maximum absolute atomic E-state index is 12.1. The van der Waals surface area contributed by atoms with Gasteiger partial charge in [0.2, 0.25) is 5.91 Å². The fourth-order valence-corrected chi connectivity index (χ4v) is 2.19. The van der Waals surface area contributed by atoms with Crippen LogP contribution < -0.4 is 5.32 Å². The molecular weight excluding hydrogens is 284 g/mol. The summed E-state index contributed by atoms with van der Waals surface area (Å²) in [7, 11) is 0. The Kier molecular flexibility index (Phi) is 4.27. The van der Waals surface area contributed by atoms with E-state index in [4.69, 9.17) is 12.2 Å². The summed E-state index contributed by atoms with van der Waals surface area (Å²) in [6.45, 7) is 8.01. The number of rotatable bonds is 3. The predicted molar refractivity (Wildman–Crippen MR) is 85.5 cm³/mol. The second-order valence-electron chi connectivity index (χ2n) is 6.10. The van der Waals surface area contributed by atoms with Gasteiger partial charge in [-0.25, -0.2) is 0 Å². The third-order valence-corrected chi connectivity index (χ3v) is 3.20. The Labute approximate surface area is 129 Å². The molecule has 21 heavy (non-hydrogen) atoms. The zero-order chi connectivity index (χ0) is 15.6. The number of hydrogen-bond donors (Lipinski definition) is 2. The number of hydrogen-bond acceptors (Lipinski definition) is 3. The molecule has 0 aliphatic carbocycles. The fraction of sp³-hybridized carbons (Fsp3) is 0.400. The maximum Gasteiger partial charge on any atom is 0.240 e. The summed E-state index contributed by atoms with van der Waals surface area (Å²) in [5, 5.41) is 9.91. The molecule has 0 atom stereocenters.